The van der Waals surface area contributed by atoms with Gasteiger partial charge in [0.05, 0.1) is 5.56 Å². The Bertz CT molecular complexity index is 591. The fourth-order valence-electron chi connectivity index (χ4n) is 2.96. The highest BCUT2D eigenvalue weighted by atomic mass is 35.5. The molecule has 0 radical (unpaired) electrons. The van der Waals surface area contributed by atoms with E-state index in [9.17, 15) is 9.59 Å². The number of rotatable bonds is 4. The van der Waals surface area contributed by atoms with Crippen molar-refractivity contribution >= 4 is 11.6 Å². The second kappa shape index (κ2) is 6.14. The second-order valence-corrected chi connectivity index (χ2v) is 6.03. The Hall–Kier alpha value is -1.07. The van der Waals surface area contributed by atoms with E-state index >= 15 is 0 Å². The molecular formula is C14H22ClN3O2. The number of nitrogens with zero attached hydrogens (tertiary/aromatic N) is 2. The number of nitrogens with one attached hydrogen (secondary N) is 1. The summed E-state index contributed by atoms with van der Waals surface area (Å²) in [5.74, 6) is -0.0102. The highest BCUT2D eigenvalue weighted by Gasteiger charge is 2.25. The van der Waals surface area contributed by atoms with Gasteiger partial charge in [-0.1, -0.05) is 32.4 Å². The molecule has 2 rings (SSSR count). The molecule has 112 valence electrons. The highest BCUT2D eigenvalue weighted by Crippen LogP contribution is 2.19. The number of hydrogen-bond donors (Lipinski definition) is 1. The fraction of sp³-hybridized carbons (Fsp3) is 0.714. The van der Waals surface area contributed by atoms with E-state index in [-0.39, 0.29) is 22.7 Å². The first kappa shape index (κ1) is 15.3. The Morgan fingerprint density at radius 3 is 2.70 bits per heavy atom. The van der Waals surface area contributed by atoms with Crippen molar-refractivity contribution in [1.82, 2.24) is 14.5 Å². The Morgan fingerprint density at radius 1 is 1.40 bits per heavy atom. The number of likely N-dealkylation sites (tertiary alicyclic amines) is 1. The molecule has 1 atom stereocenters. The first-order valence-electron chi connectivity index (χ1n) is 7.22. The monoisotopic (exact) mass is 299 g/mol. The fourth-order valence-corrected chi connectivity index (χ4v) is 3.34. The van der Waals surface area contributed by atoms with Crippen molar-refractivity contribution in [1.29, 1.82) is 0 Å². The molecule has 1 unspecified atom stereocenters. The predicted octanol–water partition coefficient (Wildman–Crippen LogP) is 1.80. The number of halogens is 1. The zero-order valence-corrected chi connectivity index (χ0v) is 13.0. The molecule has 2 heterocycles. The smallest absolute Gasteiger partial charge is 0.299 e. The Labute approximate surface area is 123 Å². The van der Waals surface area contributed by atoms with E-state index in [0.29, 0.717) is 12.1 Å². The molecular weight excluding hydrogens is 278 g/mol. The molecule has 0 bridgehead atoms. The molecule has 0 aromatic carbocycles. The zero-order chi connectivity index (χ0) is 14.9. The summed E-state index contributed by atoms with van der Waals surface area (Å²) in [6.07, 6.45) is 2.15. The summed E-state index contributed by atoms with van der Waals surface area (Å²) >= 11 is 6.00. The molecule has 0 amide bonds. The van der Waals surface area contributed by atoms with Crippen LogP contribution in [-0.2, 0) is 6.54 Å². The molecule has 6 heteroatoms. The molecule has 0 spiro atoms. The zero-order valence-electron chi connectivity index (χ0n) is 12.3. The van der Waals surface area contributed by atoms with Crippen LogP contribution < -0.4 is 11.2 Å². The van der Waals surface area contributed by atoms with Crippen LogP contribution in [0.4, 0.5) is 0 Å². The predicted molar refractivity (Wildman–Crippen MR) is 80.7 cm³/mol. The molecule has 0 aliphatic carbocycles. The van der Waals surface area contributed by atoms with Crippen molar-refractivity contribution < 1.29 is 0 Å². The van der Waals surface area contributed by atoms with Crippen LogP contribution in [0.15, 0.2) is 9.59 Å². The number of likely N-dealkylation sites (N-methyl/N-ethyl adjacent to an activating group) is 1. The maximum atomic E-state index is 12.5. The Kier molecular flexibility index (Phi) is 4.70. The maximum absolute atomic E-state index is 12.5. The van der Waals surface area contributed by atoms with Gasteiger partial charge in [-0.15, -0.1) is 0 Å². The van der Waals surface area contributed by atoms with Crippen molar-refractivity contribution in [2.75, 3.05) is 13.1 Å². The Balaban J connectivity index is 2.40. The third-order valence-electron chi connectivity index (χ3n) is 4.05. The van der Waals surface area contributed by atoms with Crippen LogP contribution in [0.25, 0.3) is 0 Å². The second-order valence-electron chi connectivity index (χ2n) is 5.65. The van der Waals surface area contributed by atoms with Crippen molar-refractivity contribution in [2.24, 2.45) is 0 Å². The lowest BCUT2D eigenvalue weighted by atomic mass is 10.1. The van der Waals surface area contributed by atoms with Crippen LogP contribution in [0.5, 0.6) is 0 Å². The van der Waals surface area contributed by atoms with Crippen LogP contribution in [-0.4, -0.2) is 33.6 Å². The number of H-pyrrole nitrogens is 1. The van der Waals surface area contributed by atoms with Gasteiger partial charge in [0, 0.05) is 12.6 Å². The minimum Gasteiger partial charge on any atom is -0.299 e. The van der Waals surface area contributed by atoms with Gasteiger partial charge in [-0.25, -0.2) is 4.79 Å². The van der Waals surface area contributed by atoms with Gasteiger partial charge in [-0.05, 0) is 31.8 Å². The highest BCUT2D eigenvalue weighted by molar-refractivity contribution is 6.30. The van der Waals surface area contributed by atoms with E-state index < -0.39 is 5.69 Å². The third-order valence-corrected chi connectivity index (χ3v) is 4.35. The van der Waals surface area contributed by atoms with Gasteiger partial charge in [0.1, 0.15) is 5.15 Å². The maximum Gasteiger partial charge on any atom is 0.329 e. The lowest BCUT2D eigenvalue weighted by Crippen LogP contribution is -2.43. The van der Waals surface area contributed by atoms with E-state index in [1.54, 1.807) is 0 Å². The van der Waals surface area contributed by atoms with Gasteiger partial charge in [-0.2, -0.15) is 0 Å². The molecule has 1 aromatic heterocycles. The van der Waals surface area contributed by atoms with Gasteiger partial charge in [-0.3, -0.25) is 19.2 Å². The molecule has 1 aromatic rings. The van der Waals surface area contributed by atoms with E-state index in [2.05, 4.69) is 16.8 Å². The van der Waals surface area contributed by atoms with Gasteiger partial charge in [0.2, 0.25) is 0 Å². The Morgan fingerprint density at radius 2 is 2.10 bits per heavy atom. The number of hydrogen-bond acceptors (Lipinski definition) is 3. The average Bonchev–Trinajstić information content (AvgIpc) is 2.80. The number of aromatic amines is 1. The molecule has 1 saturated heterocycles. The van der Waals surface area contributed by atoms with Gasteiger partial charge in [0.15, 0.2) is 0 Å². The minimum absolute atomic E-state index is 0.0102. The van der Waals surface area contributed by atoms with Gasteiger partial charge >= 0.3 is 5.69 Å². The van der Waals surface area contributed by atoms with E-state index in [1.807, 2.05) is 13.8 Å². The summed E-state index contributed by atoms with van der Waals surface area (Å²) in [6, 6.07) is 0.264. The molecule has 1 aliphatic heterocycles. The quantitative estimate of drug-likeness (QED) is 0.863. The average molecular weight is 300 g/mol. The lowest BCUT2D eigenvalue weighted by molar-refractivity contribution is 0.240. The summed E-state index contributed by atoms with van der Waals surface area (Å²) in [7, 11) is 0. The van der Waals surface area contributed by atoms with Crippen molar-refractivity contribution in [2.45, 2.75) is 52.1 Å². The van der Waals surface area contributed by atoms with E-state index in [4.69, 9.17) is 11.6 Å². The summed E-state index contributed by atoms with van der Waals surface area (Å²) in [5, 5.41) is 0.171. The van der Waals surface area contributed by atoms with Crippen LogP contribution >= 0.6 is 11.6 Å². The number of aromatic nitrogens is 2. The van der Waals surface area contributed by atoms with Crippen molar-refractivity contribution in [3.63, 3.8) is 0 Å². The SMILES string of the molecule is CCN1CCCC1Cn1c(=O)[nH]c(Cl)c(C(C)C)c1=O. The van der Waals surface area contributed by atoms with Crippen LogP contribution in [0, 0.1) is 0 Å². The van der Waals surface area contributed by atoms with E-state index in [0.717, 1.165) is 25.9 Å². The third kappa shape index (κ3) is 2.83. The van der Waals surface area contributed by atoms with Crippen molar-refractivity contribution in [3.05, 3.63) is 31.6 Å². The normalized spacial score (nSPS) is 19.9. The lowest BCUT2D eigenvalue weighted by Gasteiger charge is -2.23. The molecule has 1 fully saturated rings. The summed E-state index contributed by atoms with van der Waals surface area (Å²) in [5.41, 5.74) is -0.170. The van der Waals surface area contributed by atoms with E-state index in [1.165, 1.54) is 4.57 Å². The summed E-state index contributed by atoms with van der Waals surface area (Å²) < 4.78 is 1.31. The minimum atomic E-state index is -0.410. The van der Waals surface area contributed by atoms with Crippen LogP contribution in [0.2, 0.25) is 5.15 Å². The van der Waals surface area contributed by atoms with Crippen LogP contribution in [0.3, 0.4) is 0 Å². The summed E-state index contributed by atoms with van der Waals surface area (Å²) in [6.45, 7) is 8.34. The summed E-state index contributed by atoms with van der Waals surface area (Å²) in [4.78, 5) is 29.4. The first-order valence-corrected chi connectivity index (χ1v) is 7.60. The molecule has 1 N–H and O–H groups in total. The molecule has 20 heavy (non-hydrogen) atoms. The molecule has 5 nitrogen and oxygen atoms in total. The van der Waals surface area contributed by atoms with Crippen molar-refractivity contribution in [3.8, 4) is 0 Å². The van der Waals surface area contributed by atoms with Crippen LogP contribution in [0.1, 0.15) is 45.1 Å². The van der Waals surface area contributed by atoms with Gasteiger partial charge in [0.25, 0.3) is 5.56 Å². The molecule has 0 saturated carbocycles. The molecule has 1 aliphatic rings. The topological polar surface area (TPSA) is 58.1 Å². The first-order chi connectivity index (χ1) is 9.45. The standard InChI is InChI=1S/C14H22ClN3O2/c1-4-17-7-5-6-10(17)8-18-13(19)11(9(2)3)12(15)16-14(18)20/h9-10H,4-8H2,1-3H3,(H,16,20). The largest absolute Gasteiger partial charge is 0.329 e. The van der Waals surface area contributed by atoms with Gasteiger partial charge < -0.3 is 0 Å².